The van der Waals surface area contributed by atoms with E-state index in [4.69, 9.17) is 4.74 Å². The third kappa shape index (κ3) is 4.97. The fourth-order valence-electron chi connectivity index (χ4n) is 3.25. The number of carbonyl (C=O) groups excluding carboxylic acids is 1. The molecule has 0 bridgehead atoms. The third-order valence-electron chi connectivity index (χ3n) is 4.68. The summed E-state index contributed by atoms with van der Waals surface area (Å²) < 4.78 is 5.61. The number of pyridine rings is 1. The van der Waals surface area contributed by atoms with Crippen molar-refractivity contribution in [2.45, 2.75) is 32.8 Å². The second-order valence-corrected chi connectivity index (χ2v) is 7.04. The molecule has 138 valence electrons. The van der Waals surface area contributed by atoms with Gasteiger partial charge in [-0.3, -0.25) is 9.78 Å². The molecule has 2 aromatic rings. The van der Waals surface area contributed by atoms with Gasteiger partial charge >= 0.3 is 0 Å². The van der Waals surface area contributed by atoms with Gasteiger partial charge in [0, 0.05) is 43.3 Å². The standard InChI is InChI=1S/C21H27N3O2/c1-16(2)26-20-5-3-18(4-6-20)21(25)23-15-17-9-13-24(14-10-17)19-7-11-22-12-8-19/h3-8,11-12,16-17H,9-10,13-15H2,1-2H3,(H,23,25). The highest BCUT2D eigenvalue weighted by Crippen LogP contribution is 2.22. The Hall–Kier alpha value is -2.56. The van der Waals surface area contributed by atoms with Crippen molar-refractivity contribution >= 4 is 11.6 Å². The number of nitrogens with zero attached hydrogens (tertiary/aromatic N) is 2. The Labute approximate surface area is 155 Å². The number of rotatable bonds is 6. The topological polar surface area (TPSA) is 54.5 Å². The summed E-state index contributed by atoms with van der Waals surface area (Å²) in [5, 5.41) is 3.08. The number of amides is 1. The van der Waals surface area contributed by atoms with Crippen molar-refractivity contribution in [2.75, 3.05) is 24.5 Å². The Morgan fingerprint density at radius 2 is 1.81 bits per heavy atom. The molecule has 1 amide bonds. The van der Waals surface area contributed by atoms with Crippen molar-refractivity contribution in [1.29, 1.82) is 0 Å². The SMILES string of the molecule is CC(C)Oc1ccc(C(=O)NCC2CCN(c3ccncc3)CC2)cc1. The van der Waals surface area contributed by atoms with Gasteiger partial charge in [-0.2, -0.15) is 0 Å². The summed E-state index contributed by atoms with van der Waals surface area (Å²) in [7, 11) is 0. The molecule has 1 saturated heterocycles. The average molecular weight is 353 g/mol. The number of benzene rings is 1. The Kier molecular flexibility index (Phi) is 6.10. The minimum atomic E-state index is -0.0161. The lowest BCUT2D eigenvalue weighted by Crippen LogP contribution is -2.38. The maximum absolute atomic E-state index is 12.3. The van der Waals surface area contributed by atoms with Crippen LogP contribution in [-0.2, 0) is 0 Å². The van der Waals surface area contributed by atoms with E-state index in [9.17, 15) is 4.79 Å². The molecule has 0 aliphatic carbocycles. The van der Waals surface area contributed by atoms with Crippen molar-refractivity contribution in [1.82, 2.24) is 10.3 Å². The van der Waals surface area contributed by atoms with Gasteiger partial charge in [-0.05, 0) is 69.0 Å². The van der Waals surface area contributed by atoms with E-state index in [1.165, 1.54) is 5.69 Å². The summed E-state index contributed by atoms with van der Waals surface area (Å²) in [6, 6.07) is 11.4. The molecule has 0 atom stereocenters. The van der Waals surface area contributed by atoms with E-state index in [2.05, 4.69) is 27.3 Å². The molecule has 2 heterocycles. The van der Waals surface area contributed by atoms with E-state index in [1.807, 2.05) is 50.5 Å². The summed E-state index contributed by atoms with van der Waals surface area (Å²) in [5.74, 6) is 1.30. The third-order valence-corrected chi connectivity index (χ3v) is 4.68. The lowest BCUT2D eigenvalue weighted by atomic mass is 9.96. The van der Waals surface area contributed by atoms with Gasteiger partial charge in [0.1, 0.15) is 5.75 Å². The lowest BCUT2D eigenvalue weighted by molar-refractivity contribution is 0.0945. The highest BCUT2D eigenvalue weighted by molar-refractivity contribution is 5.94. The zero-order valence-corrected chi connectivity index (χ0v) is 15.5. The van der Waals surface area contributed by atoms with Gasteiger partial charge in [0.15, 0.2) is 0 Å². The van der Waals surface area contributed by atoms with Gasteiger partial charge < -0.3 is 15.0 Å². The second-order valence-electron chi connectivity index (χ2n) is 7.04. The van der Waals surface area contributed by atoms with Crippen LogP contribution in [0.2, 0.25) is 0 Å². The van der Waals surface area contributed by atoms with Gasteiger partial charge in [0.2, 0.25) is 0 Å². The van der Waals surface area contributed by atoms with E-state index in [1.54, 1.807) is 0 Å². The Bertz CT molecular complexity index is 693. The molecule has 0 saturated carbocycles. The van der Waals surface area contributed by atoms with Crippen LogP contribution in [0.5, 0.6) is 5.75 Å². The number of hydrogen-bond acceptors (Lipinski definition) is 4. The van der Waals surface area contributed by atoms with Crippen LogP contribution in [0.25, 0.3) is 0 Å². The van der Waals surface area contributed by atoms with Crippen molar-refractivity contribution in [3.63, 3.8) is 0 Å². The smallest absolute Gasteiger partial charge is 0.251 e. The molecule has 1 aromatic carbocycles. The predicted octanol–water partition coefficient (Wildman–Crippen LogP) is 3.52. The molecule has 1 aromatic heterocycles. The number of aromatic nitrogens is 1. The number of nitrogens with one attached hydrogen (secondary N) is 1. The minimum Gasteiger partial charge on any atom is -0.491 e. The number of ether oxygens (including phenoxy) is 1. The molecule has 1 fully saturated rings. The number of hydrogen-bond donors (Lipinski definition) is 1. The van der Waals surface area contributed by atoms with E-state index in [0.717, 1.165) is 38.2 Å². The highest BCUT2D eigenvalue weighted by atomic mass is 16.5. The average Bonchev–Trinajstić information content (AvgIpc) is 2.67. The predicted molar refractivity (Wildman–Crippen MR) is 104 cm³/mol. The molecule has 0 unspecified atom stereocenters. The Morgan fingerprint density at radius 1 is 1.15 bits per heavy atom. The largest absolute Gasteiger partial charge is 0.491 e. The van der Waals surface area contributed by atoms with Gasteiger partial charge in [-0.1, -0.05) is 0 Å². The van der Waals surface area contributed by atoms with Crippen LogP contribution in [0.3, 0.4) is 0 Å². The molecule has 0 spiro atoms. The van der Waals surface area contributed by atoms with Crippen LogP contribution >= 0.6 is 0 Å². The van der Waals surface area contributed by atoms with Crippen LogP contribution in [0.4, 0.5) is 5.69 Å². The van der Waals surface area contributed by atoms with E-state index in [-0.39, 0.29) is 12.0 Å². The molecular weight excluding hydrogens is 326 g/mol. The number of piperidine rings is 1. The Morgan fingerprint density at radius 3 is 2.42 bits per heavy atom. The maximum Gasteiger partial charge on any atom is 0.251 e. The van der Waals surface area contributed by atoms with Crippen LogP contribution in [0, 0.1) is 5.92 Å². The first kappa shape index (κ1) is 18.2. The summed E-state index contributed by atoms with van der Waals surface area (Å²) in [4.78, 5) is 18.8. The molecule has 1 N–H and O–H groups in total. The molecule has 1 aliphatic heterocycles. The fourth-order valence-corrected chi connectivity index (χ4v) is 3.25. The van der Waals surface area contributed by atoms with Crippen molar-refractivity contribution in [2.24, 2.45) is 5.92 Å². The normalized spacial score (nSPS) is 15.1. The molecular formula is C21H27N3O2. The molecule has 3 rings (SSSR count). The fraction of sp³-hybridized carbons (Fsp3) is 0.429. The number of anilines is 1. The first-order chi connectivity index (χ1) is 12.6. The Balaban J connectivity index is 1.44. The molecule has 0 radical (unpaired) electrons. The first-order valence-electron chi connectivity index (χ1n) is 9.31. The zero-order chi connectivity index (χ0) is 18.4. The van der Waals surface area contributed by atoms with Crippen LogP contribution in [0.15, 0.2) is 48.8 Å². The van der Waals surface area contributed by atoms with Crippen molar-refractivity contribution in [3.05, 3.63) is 54.4 Å². The molecule has 5 nitrogen and oxygen atoms in total. The second kappa shape index (κ2) is 8.70. The zero-order valence-electron chi connectivity index (χ0n) is 15.5. The van der Waals surface area contributed by atoms with Crippen molar-refractivity contribution < 1.29 is 9.53 Å². The first-order valence-corrected chi connectivity index (χ1v) is 9.31. The van der Waals surface area contributed by atoms with E-state index < -0.39 is 0 Å². The molecule has 26 heavy (non-hydrogen) atoms. The quantitative estimate of drug-likeness (QED) is 0.863. The number of carbonyl (C=O) groups is 1. The van der Waals surface area contributed by atoms with E-state index >= 15 is 0 Å². The van der Waals surface area contributed by atoms with Crippen LogP contribution < -0.4 is 15.0 Å². The molecule has 5 heteroatoms. The minimum absolute atomic E-state index is 0.0161. The van der Waals surface area contributed by atoms with E-state index in [0.29, 0.717) is 11.5 Å². The maximum atomic E-state index is 12.3. The summed E-state index contributed by atoms with van der Waals surface area (Å²) in [6.45, 7) is 6.74. The highest BCUT2D eigenvalue weighted by Gasteiger charge is 2.20. The summed E-state index contributed by atoms with van der Waals surface area (Å²) >= 11 is 0. The van der Waals surface area contributed by atoms with Gasteiger partial charge in [0.05, 0.1) is 6.10 Å². The van der Waals surface area contributed by atoms with Gasteiger partial charge in [-0.25, -0.2) is 0 Å². The lowest BCUT2D eigenvalue weighted by Gasteiger charge is -2.33. The van der Waals surface area contributed by atoms with Crippen LogP contribution in [0.1, 0.15) is 37.0 Å². The van der Waals surface area contributed by atoms with Gasteiger partial charge in [-0.15, -0.1) is 0 Å². The van der Waals surface area contributed by atoms with Gasteiger partial charge in [0.25, 0.3) is 5.91 Å². The van der Waals surface area contributed by atoms with Crippen molar-refractivity contribution in [3.8, 4) is 5.75 Å². The summed E-state index contributed by atoms with van der Waals surface area (Å²) in [5.41, 5.74) is 1.90. The molecule has 1 aliphatic rings. The summed E-state index contributed by atoms with van der Waals surface area (Å²) in [6.07, 6.45) is 5.97. The van der Waals surface area contributed by atoms with Crippen LogP contribution in [-0.4, -0.2) is 36.6 Å². The monoisotopic (exact) mass is 353 g/mol.